The van der Waals surface area contributed by atoms with Gasteiger partial charge < -0.3 is 89.7 Å². The fraction of sp³-hybridized carbons (Fsp3) is 0.432. The van der Waals surface area contributed by atoms with Gasteiger partial charge in [-0.05, 0) is 166 Å². The lowest BCUT2D eigenvalue weighted by molar-refractivity contribution is -0.136. The molecule has 6 aromatic carbocycles. The molecule has 116 heavy (non-hydrogen) atoms. The molecule has 2 fully saturated rings. The van der Waals surface area contributed by atoms with Crippen LogP contribution in [-0.4, -0.2) is 195 Å². The number of benzene rings is 6. The van der Waals surface area contributed by atoms with E-state index in [4.69, 9.17) is 16.9 Å². The summed E-state index contributed by atoms with van der Waals surface area (Å²) in [6.07, 6.45) is 6.37. The Morgan fingerprint density at radius 1 is 0.603 bits per heavy atom. The number of phenolic OH excluding ortho intramolecular Hbond substituents is 1. The summed E-state index contributed by atoms with van der Waals surface area (Å²) >= 11 is 1.58. The van der Waals surface area contributed by atoms with Crippen LogP contribution in [-0.2, 0) is 81.7 Å². The van der Waals surface area contributed by atoms with Gasteiger partial charge in [-0.15, -0.1) is 0 Å². The molecule has 27 nitrogen and oxygen atoms in total. The lowest BCUT2D eigenvalue weighted by Gasteiger charge is -2.45. The number of piperidine rings is 1. The summed E-state index contributed by atoms with van der Waals surface area (Å²) in [5, 5.41) is 61.4. The second-order valence-corrected chi connectivity index (χ2v) is 32.2. The summed E-state index contributed by atoms with van der Waals surface area (Å²) in [6.45, 7) is 2.63. The number of rotatable bonds is 27. The third-order valence-electron chi connectivity index (χ3n) is 22.3. The van der Waals surface area contributed by atoms with Crippen molar-refractivity contribution in [2.75, 3.05) is 44.7 Å². The van der Waals surface area contributed by atoms with Gasteiger partial charge in [-0.25, -0.2) is 0 Å². The number of hydrogen-bond acceptors (Lipinski definition) is 16. The van der Waals surface area contributed by atoms with Crippen LogP contribution in [0.25, 0.3) is 21.8 Å². The van der Waals surface area contributed by atoms with Gasteiger partial charge in [-0.2, -0.15) is 11.8 Å². The molecule has 0 radical (unpaired) electrons. The highest BCUT2D eigenvalue weighted by Crippen LogP contribution is 2.45. The molecule has 0 unspecified atom stereocenters. The number of aromatic nitrogens is 2. The van der Waals surface area contributed by atoms with Crippen LogP contribution in [0.1, 0.15) is 122 Å². The highest BCUT2D eigenvalue weighted by Gasteiger charge is 2.41. The number of amides is 8. The van der Waals surface area contributed by atoms with Crippen molar-refractivity contribution < 1.29 is 53.4 Å². The fourth-order valence-corrected chi connectivity index (χ4v) is 17.2. The molecule has 3 aliphatic rings. The molecule has 2 aromatic heterocycles. The van der Waals surface area contributed by atoms with Crippen molar-refractivity contribution in [2.24, 2.45) is 17.4 Å². The molecule has 13 atom stereocenters. The molecule has 19 N–H and O–H groups in total. The number of H-pyrrole nitrogens is 2. The van der Waals surface area contributed by atoms with Gasteiger partial charge in [-0.1, -0.05) is 146 Å². The Morgan fingerprint density at radius 3 is 1.80 bits per heavy atom. The number of nitrogens with one attached hydrogen (secondary N) is 13. The Balaban J connectivity index is 0.903. The number of aromatic hydroxyl groups is 1. The Morgan fingerprint density at radius 2 is 1.16 bits per heavy atom. The molecule has 2 aliphatic heterocycles. The van der Waals surface area contributed by atoms with Crippen LogP contribution in [0.2, 0.25) is 0 Å². The Kier molecular flexibility index (Phi) is 31.6. The quantitative estimate of drug-likeness (QED) is 0.0174. The van der Waals surface area contributed by atoms with E-state index in [1.165, 1.54) is 23.4 Å². The second kappa shape index (κ2) is 42.6. The third kappa shape index (κ3) is 24.6. The number of para-hydroxylation sites is 1. The summed E-state index contributed by atoms with van der Waals surface area (Å²) in [6, 6.07) is 36.3. The number of guanidine groups is 1. The summed E-state index contributed by atoms with van der Waals surface area (Å²) in [7, 11) is 2.19. The largest absolute Gasteiger partial charge is 0.508 e. The molecule has 8 amide bonds. The predicted octanol–water partition coefficient (Wildman–Crippen LogP) is 5.40. The number of fused-ring (bicyclic) bond motifs is 3. The number of nitrogens with two attached hydrogens (primary N) is 2. The summed E-state index contributed by atoms with van der Waals surface area (Å²) < 4.78 is 0. The zero-order chi connectivity index (χ0) is 82.0. The molecular formula is C88H112N16O11S. The zero-order valence-electron chi connectivity index (χ0n) is 66.0. The van der Waals surface area contributed by atoms with E-state index < -0.39 is 102 Å². The summed E-state index contributed by atoms with van der Waals surface area (Å²) in [4.78, 5) is 145. The molecule has 0 saturated carbocycles. The first kappa shape index (κ1) is 86.0. The number of phenols is 1. The number of aliphatic hydroxyl groups is 1. The van der Waals surface area contributed by atoms with E-state index in [0.29, 0.717) is 72.2 Å². The number of aromatic amines is 2. The maximum absolute atomic E-state index is 15.5. The minimum absolute atomic E-state index is 0.0116. The van der Waals surface area contributed by atoms with Gasteiger partial charge in [0.15, 0.2) is 11.7 Å². The average molecular weight is 1600 g/mol. The number of likely N-dealkylation sites (N-methyl/N-ethyl adjacent to an activating group) is 1. The van der Waals surface area contributed by atoms with E-state index in [-0.39, 0.29) is 113 Å². The van der Waals surface area contributed by atoms with E-state index in [0.717, 1.165) is 47.1 Å². The van der Waals surface area contributed by atoms with Crippen molar-refractivity contribution in [3.05, 3.63) is 209 Å². The molecule has 616 valence electrons. The topological polar surface area (TPSA) is 425 Å². The Hall–Kier alpha value is -10.9. The number of nitrogens with zero attached hydrogens (tertiary/aromatic N) is 1. The van der Waals surface area contributed by atoms with Gasteiger partial charge >= 0.3 is 0 Å². The van der Waals surface area contributed by atoms with Crippen molar-refractivity contribution in [3.63, 3.8) is 0 Å². The second-order valence-electron chi connectivity index (χ2n) is 31.2. The third-order valence-corrected chi connectivity index (χ3v) is 23.5. The summed E-state index contributed by atoms with van der Waals surface area (Å²) in [5.41, 5.74) is 19.7. The minimum Gasteiger partial charge on any atom is -0.508 e. The van der Waals surface area contributed by atoms with Crippen molar-refractivity contribution in [3.8, 4) is 5.75 Å². The maximum atomic E-state index is 15.5. The van der Waals surface area contributed by atoms with Crippen LogP contribution < -0.4 is 64.6 Å². The first-order valence-corrected chi connectivity index (χ1v) is 41.7. The van der Waals surface area contributed by atoms with Gasteiger partial charge in [0.1, 0.15) is 42.0 Å². The number of hydrogen-bond donors (Lipinski definition) is 17. The number of thioether (sulfide) groups is 1. The van der Waals surface area contributed by atoms with E-state index in [1.54, 1.807) is 115 Å². The van der Waals surface area contributed by atoms with Gasteiger partial charge in [0.25, 0.3) is 0 Å². The van der Waals surface area contributed by atoms with E-state index in [2.05, 4.69) is 99.5 Å². The van der Waals surface area contributed by atoms with Crippen LogP contribution in [0.3, 0.4) is 0 Å². The Labute approximate surface area is 681 Å². The molecule has 0 bridgehead atoms. The number of ketones is 1. The van der Waals surface area contributed by atoms with Crippen molar-refractivity contribution in [1.29, 1.82) is 5.41 Å². The van der Waals surface area contributed by atoms with Crippen molar-refractivity contribution in [2.45, 2.75) is 189 Å². The average Bonchev–Trinajstić information content (AvgIpc) is 1.50. The van der Waals surface area contributed by atoms with Crippen LogP contribution in [0.5, 0.6) is 5.75 Å². The smallest absolute Gasteiger partial charge is 0.245 e. The van der Waals surface area contributed by atoms with Gasteiger partial charge in [-0.3, -0.25) is 48.6 Å². The normalized spacial score (nSPS) is 23.2. The number of carbonyl (C=O) groups excluding carboxylic acids is 9. The molecule has 1 aliphatic carbocycles. The zero-order valence-corrected chi connectivity index (χ0v) is 66.8. The predicted molar refractivity (Wildman–Crippen MR) is 450 cm³/mol. The lowest BCUT2D eigenvalue weighted by atomic mass is 9.73. The monoisotopic (exact) mass is 1600 g/mol. The van der Waals surface area contributed by atoms with Gasteiger partial charge in [0.2, 0.25) is 47.3 Å². The molecule has 0 spiro atoms. The summed E-state index contributed by atoms with van der Waals surface area (Å²) in [5.74, 6) is -4.73. The fourth-order valence-electron chi connectivity index (χ4n) is 16.2. The van der Waals surface area contributed by atoms with Gasteiger partial charge in [0, 0.05) is 97.5 Å². The number of carbonyl (C=O) groups is 9. The molecule has 2 saturated heterocycles. The maximum Gasteiger partial charge on any atom is 0.245 e. The SMILES string of the molecule is C[C@@H](O)[C@@H]1NC(=O)[C@H](CCCCN)NC(=O)[C@@H](Cc2c[nH]c3ccccc23)NC(=O)[C@H](Cc2ccccc2)NC(=O)[C@H](Cc2ccccc2)NC(=O)[C@H](CCCNC(=N)N)NC(=O)[C@H](NC[C@H](Cc2ccc(O)cc2)NC(=O)CSC[C@@H]2C[C@@H]3c4cccc5[nH]cc(c45)C[C@H]3N(C)C2)CCCCCC(=O)[C@H](Cc2ccccc2)NC1=O. The number of likely N-dealkylation sites (tertiary alicyclic amines) is 1. The lowest BCUT2D eigenvalue weighted by Crippen LogP contribution is -2.62. The van der Waals surface area contributed by atoms with Crippen LogP contribution in [0, 0.1) is 11.3 Å². The molecule has 4 heterocycles. The van der Waals surface area contributed by atoms with Crippen LogP contribution in [0.15, 0.2) is 170 Å². The van der Waals surface area contributed by atoms with E-state index >= 15 is 24.0 Å². The van der Waals surface area contributed by atoms with Crippen molar-refractivity contribution >= 4 is 92.6 Å². The highest BCUT2D eigenvalue weighted by atomic mass is 32.2. The Bertz CT molecular complexity index is 4630. The molecule has 8 aromatic rings. The minimum atomic E-state index is -1.64. The molecular weight excluding hydrogens is 1490 g/mol. The standard InChI is InChI=1S/C88H112N16O11S/c1-54(105)80-87(115)99-72(43-55-21-7-3-8-22-55)77(107)34-14-6-13-30-69(95-50-62(41-58-35-37-63(106)38-36-58)96-78(108)53-116-52-59-42-66-65-28-19-32-68-79(65)61(49-94-68)47-76(66)104(2)51-59)81(109)97-71(33-20-40-92-88(90)91)82(110)100-73(44-56-23-9-4-10-24-56)84(112)101-74(45-57-25-11-5-12-26-57)85(113)102-75(46-60-48-93-67-29-16-15-27-64(60)67)86(114)98-70(83(111)103-80)31-17-18-39-89/h3-5,7-12,15-16,19,21-29,32,35-38,48-49,54,59,62,66,69-76,80,93-95,105-106H,6,13-14,17-18,20,30-31,33-34,39-47,50-53,89H2,1-2H3,(H,96,108)(H,97,109)(H,98,114)(H,99,115)(H,100,110)(H,101,112)(H,102,113)(H,103,111)(H4,90,91,92)/t54-,59-,62+,66-,69-,70+,71+,72+,73+,74+,75-,76-,80+/m1/s1. The first-order chi connectivity index (χ1) is 56.1. The van der Waals surface area contributed by atoms with Crippen LogP contribution in [0.4, 0.5) is 0 Å². The highest BCUT2D eigenvalue weighted by molar-refractivity contribution is 7.99. The number of Topliss-reactive ketones (excluding diaryl/α,β-unsaturated/α-hetero) is 1. The number of unbranched alkanes of at least 4 members (excludes halogenated alkanes) is 1. The first-order valence-electron chi connectivity index (χ1n) is 40.6. The molecule has 11 rings (SSSR count). The van der Waals surface area contributed by atoms with Crippen LogP contribution >= 0.6 is 11.8 Å². The van der Waals surface area contributed by atoms with E-state index in [9.17, 15) is 29.4 Å². The van der Waals surface area contributed by atoms with Crippen molar-refractivity contribution in [1.82, 2.24) is 68.0 Å². The van der Waals surface area contributed by atoms with E-state index in [1.807, 2.05) is 42.5 Å². The number of aliphatic hydroxyl groups excluding tert-OH is 1. The molecule has 28 heteroatoms. The van der Waals surface area contributed by atoms with Gasteiger partial charge in [0.05, 0.1) is 23.9 Å².